The highest BCUT2D eigenvalue weighted by molar-refractivity contribution is 6.05. The molecule has 2 aromatic rings. The van der Waals surface area contributed by atoms with Crippen molar-refractivity contribution in [1.82, 2.24) is 0 Å². The number of anilines is 1. The number of aromatic hydroxyl groups is 4. The molecule has 2 rings (SSSR count). The number of hydrogen-bond acceptors (Lipinski definition) is 7. The Balaban J connectivity index is 2.51. The number of carbonyl (C=O) groups is 2. The molecule has 1 atom stereocenters. The van der Waals surface area contributed by atoms with E-state index in [4.69, 9.17) is 4.74 Å². The van der Waals surface area contributed by atoms with Crippen molar-refractivity contribution in [3.8, 4) is 23.0 Å². The van der Waals surface area contributed by atoms with Crippen LogP contribution in [0, 0.1) is 0 Å². The molecule has 0 saturated carbocycles. The average Bonchev–Trinajstić information content (AvgIpc) is 2.65. The molecular weight excluding hydrogens is 354 g/mol. The summed E-state index contributed by atoms with van der Waals surface area (Å²) in [4.78, 5) is 25.9. The third kappa shape index (κ3) is 4.30. The highest BCUT2D eigenvalue weighted by Crippen LogP contribution is 2.32. The first-order valence-electron chi connectivity index (χ1n) is 7.84. The van der Waals surface area contributed by atoms with Crippen LogP contribution in [0.3, 0.4) is 0 Å². The average molecular weight is 373 g/mol. The van der Waals surface area contributed by atoms with Crippen LogP contribution in [0.25, 0.3) is 0 Å². The largest absolute Gasteiger partial charge is 0.504 e. The van der Waals surface area contributed by atoms with Gasteiger partial charge in [-0.15, -0.1) is 0 Å². The van der Waals surface area contributed by atoms with E-state index in [1.54, 1.807) is 0 Å². The molecule has 0 aliphatic heterocycles. The van der Waals surface area contributed by atoms with E-state index in [9.17, 15) is 30.0 Å². The lowest BCUT2D eigenvalue weighted by Crippen LogP contribution is -2.46. The van der Waals surface area contributed by atoms with E-state index in [1.165, 1.54) is 30.3 Å². The van der Waals surface area contributed by atoms with E-state index in [1.807, 2.05) is 0 Å². The van der Waals surface area contributed by atoms with Crippen LogP contribution in [0.5, 0.6) is 23.0 Å². The molecule has 0 aliphatic carbocycles. The van der Waals surface area contributed by atoms with Crippen LogP contribution in [0.15, 0.2) is 49.1 Å². The topological polar surface area (TPSA) is 128 Å². The molecule has 1 amide bonds. The van der Waals surface area contributed by atoms with Gasteiger partial charge in [0.2, 0.25) is 0 Å². The van der Waals surface area contributed by atoms with Crippen molar-refractivity contribution in [3.05, 3.63) is 54.6 Å². The second-order valence-electron chi connectivity index (χ2n) is 5.65. The number of carbonyl (C=O) groups excluding carboxylic acids is 2. The molecule has 0 bridgehead atoms. The summed E-state index contributed by atoms with van der Waals surface area (Å²) in [6.07, 6.45) is 0.940. The summed E-state index contributed by atoms with van der Waals surface area (Å²) in [5.41, 5.74) is 0.583. The molecule has 1 unspecified atom stereocenters. The summed E-state index contributed by atoms with van der Waals surface area (Å²) in [5.74, 6) is -2.94. The number of rotatable bonds is 6. The number of phenolic OH excluding ortho intramolecular Hbond substituents is 4. The number of phenols is 4. The third-order valence-electron chi connectivity index (χ3n) is 3.90. The van der Waals surface area contributed by atoms with E-state index < -0.39 is 23.7 Å². The van der Waals surface area contributed by atoms with Crippen molar-refractivity contribution in [2.45, 2.75) is 12.5 Å². The molecule has 27 heavy (non-hydrogen) atoms. The molecule has 142 valence electrons. The van der Waals surface area contributed by atoms with Gasteiger partial charge in [-0.2, -0.15) is 0 Å². The fraction of sp³-hybridized carbons (Fsp3) is 0.158. The molecule has 0 radical (unpaired) electrons. The molecule has 0 aromatic heterocycles. The van der Waals surface area contributed by atoms with Gasteiger partial charge in [-0.25, -0.2) is 4.79 Å². The standard InChI is InChI=1S/C19H19NO7/c1-3-18(25)20(12-5-7-15(22)17(24)10-12)13(19(26)27-2)8-11-4-6-14(21)16(23)9-11/h3-7,9-10,13,21-24H,1,8H2,2H3. The molecule has 8 heteroatoms. The second kappa shape index (κ2) is 8.13. The van der Waals surface area contributed by atoms with E-state index in [-0.39, 0.29) is 29.4 Å². The van der Waals surface area contributed by atoms with Gasteiger partial charge in [-0.3, -0.25) is 9.69 Å². The monoisotopic (exact) mass is 373 g/mol. The zero-order valence-corrected chi connectivity index (χ0v) is 14.5. The maximum Gasteiger partial charge on any atom is 0.329 e. The van der Waals surface area contributed by atoms with Crippen LogP contribution in [0.2, 0.25) is 0 Å². The maximum atomic E-state index is 12.4. The summed E-state index contributed by atoms with van der Waals surface area (Å²) in [7, 11) is 1.16. The zero-order valence-electron chi connectivity index (χ0n) is 14.5. The highest BCUT2D eigenvalue weighted by Gasteiger charge is 2.31. The number of esters is 1. The molecule has 4 N–H and O–H groups in total. The number of nitrogens with zero attached hydrogens (tertiary/aromatic N) is 1. The van der Waals surface area contributed by atoms with Crippen molar-refractivity contribution >= 4 is 17.6 Å². The van der Waals surface area contributed by atoms with Crippen molar-refractivity contribution in [2.24, 2.45) is 0 Å². The minimum absolute atomic E-state index is 0.0538. The van der Waals surface area contributed by atoms with Crippen LogP contribution in [0.4, 0.5) is 5.69 Å². The molecule has 2 aromatic carbocycles. The summed E-state index contributed by atoms with van der Waals surface area (Å²) in [6, 6.07) is 6.49. The zero-order chi connectivity index (χ0) is 20.1. The predicted molar refractivity (Wildman–Crippen MR) is 96.7 cm³/mol. The van der Waals surface area contributed by atoms with Crippen LogP contribution in [-0.2, 0) is 20.7 Å². The predicted octanol–water partition coefficient (Wildman–Crippen LogP) is 1.81. The van der Waals surface area contributed by atoms with Gasteiger partial charge in [-0.1, -0.05) is 12.6 Å². The van der Waals surface area contributed by atoms with E-state index in [0.717, 1.165) is 24.2 Å². The van der Waals surface area contributed by atoms with Crippen LogP contribution in [0.1, 0.15) is 5.56 Å². The Morgan fingerprint density at radius 2 is 1.63 bits per heavy atom. The lowest BCUT2D eigenvalue weighted by molar-refractivity contribution is -0.143. The van der Waals surface area contributed by atoms with Gasteiger partial charge < -0.3 is 25.2 Å². The SMILES string of the molecule is C=CC(=O)N(c1ccc(O)c(O)c1)C(Cc1ccc(O)c(O)c1)C(=O)OC. The van der Waals surface area contributed by atoms with Crippen LogP contribution in [-0.4, -0.2) is 45.5 Å². The number of amides is 1. The lowest BCUT2D eigenvalue weighted by atomic mass is 10.0. The van der Waals surface area contributed by atoms with Gasteiger partial charge in [0.05, 0.1) is 7.11 Å². The molecular formula is C19H19NO7. The lowest BCUT2D eigenvalue weighted by Gasteiger charge is -2.29. The van der Waals surface area contributed by atoms with Gasteiger partial charge in [0.15, 0.2) is 23.0 Å². The Kier molecular flexibility index (Phi) is 5.92. The molecule has 0 aliphatic rings. The van der Waals surface area contributed by atoms with Crippen LogP contribution >= 0.6 is 0 Å². The fourth-order valence-electron chi connectivity index (χ4n) is 2.56. The van der Waals surface area contributed by atoms with Crippen molar-refractivity contribution in [3.63, 3.8) is 0 Å². The smallest absolute Gasteiger partial charge is 0.329 e. The summed E-state index contributed by atoms with van der Waals surface area (Å²) >= 11 is 0. The summed E-state index contributed by atoms with van der Waals surface area (Å²) in [5, 5.41) is 38.3. The highest BCUT2D eigenvalue weighted by atomic mass is 16.5. The summed E-state index contributed by atoms with van der Waals surface area (Å²) in [6.45, 7) is 3.42. The fourth-order valence-corrected chi connectivity index (χ4v) is 2.56. The first kappa shape index (κ1) is 19.6. The molecule has 0 spiro atoms. The maximum absolute atomic E-state index is 12.4. The van der Waals surface area contributed by atoms with Gasteiger partial charge in [0.25, 0.3) is 5.91 Å². The van der Waals surface area contributed by atoms with Gasteiger partial charge >= 0.3 is 5.97 Å². The van der Waals surface area contributed by atoms with E-state index >= 15 is 0 Å². The number of benzene rings is 2. The molecule has 0 fully saturated rings. The van der Waals surface area contributed by atoms with E-state index in [2.05, 4.69) is 6.58 Å². The first-order chi connectivity index (χ1) is 12.8. The minimum atomic E-state index is -1.16. The van der Waals surface area contributed by atoms with E-state index in [0.29, 0.717) is 5.56 Å². The quantitative estimate of drug-likeness (QED) is 0.345. The van der Waals surface area contributed by atoms with Crippen molar-refractivity contribution in [2.75, 3.05) is 12.0 Å². The summed E-state index contributed by atoms with van der Waals surface area (Å²) < 4.78 is 4.80. The Bertz CT molecular complexity index is 878. The number of hydrogen-bond donors (Lipinski definition) is 4. The van der Waals surface area contributed by atoms with Crippen molar-refractivity contribution in [1.29, 1.82) is 0 Å². The Morgan fingerprint density at radius 1 is 1.04 bits per heavy atom. The first-order valence-corrected chi connectivity index (χ1v) is 7.84. The minimum Gasteiger partial charge on any atom is -0.504 e. The molecule has 0 heterocycles. The molecule has 8 nitrogen and oxygen atoms in total. The van der Waals surface area contributed by atoms with Crippen LogP contribution < -0.4 is 4.90 Å². The number of ether oxygens (including phenoxy) is 1. The molecule has 0 saturated heterocycles. The van der Waals surface area contributed by atoms with Crippen molar-refractivity contribution < 1.29 is 34.8 Å². The second-order valence-corrected chi connectivity index (χ2v) is 5.65. The van der Waals surface area contributed by atoms with Gasteiger partial charge in [0.1, 0.15) is 6.04 Å². The Hall–Kier alpha value is -3.68. The van der Waals surface area contributed by atoms with Gasteiger partial charge in [0, 0.05) is 18.2 Å². The Labute approximate surface area is 155 Å². The normalized spacial score (nSPS) is 11.4. The Morgan fingerprint density at radius 3 is 2.15 bits per heavy atom. The number of methoxy groups -OCH3 is 1. The third-order valence-corrected chi connectivity index (χ3v) is 3.90. The van der Waals surface area contributed by atoms with Gasteiger partial charge in [-0.05, 0) is 35.9 Å².